The highest BCUT2D eigenvalue weighted by molar-refractivity contribution is 7.91. The minimum Gasteiger partial charge on any atom is -0.616 e. The zero-order valence-electron chi connectivity index (χ0n) is 15.1. The molecule has 0 saturated carbocycles. The van der Waals surface area contributed by atoms with E-state index in [4.69, 9.17) is 0 Å². The molecule has 0 spiro atoms. The van der Waals surface area contributed by atoms with Crippen molar-refractivity contribution in [2.45, 2.75) is 52.4 Å². The molecule has 0 radical (unpaired) electrons. The minimum atomic E-state index is -0.643. The highest BCUT2D eigenvalue weighted by Crippen LogP contribution is 2.11. The van der Waals surface area contributed by atoms with E-state index in [-0.39, 0.29) is 0 Å². The molecule has 0 bridgehead atoms. The average molecular weight is 343 g/mol. The van der Waals surface area contributed by atoms with Gasteiger partial charge in [0.2, 0.25) is 0 Å². The lowest BCUT2D eigenvalue weighted by Crippen LogP contribution is -2.11. The molecule has 1 nitrogen and oxygen atoms in total. The van der Waals surface area contributed by atoms with Crippen molar-refractivity contribution in [3.63, 3.8) is 0 Å². The largest absolute Gasteiger partial charge is 0.616 e. The lowest BCUT2D eigenvalue weighted by Gasteiger charge is -2.11. The van der Waals surface area contributed by atoms with Crippen molar-refractivity contribution in [3.8, 4) is 0 Å². The second kappa shape index (κ2) is 10.6. The van der Waals surface area contributed by atoms with E-state index in [1.54, 1.807) is 0 Å². The van der Waals surface area contributed by atoms with Crippen LogP contribution < -0.4 is 0 Å². The third-order valence-electron chi connectivity index (χ3n) is 4.42. The summed E-state index contributed by atoms with van der Waals surface area (Å²) in [5.41, 5.74) is 5.41. The molecule has 2 heteroatoms. The first-order valence-corrected chi connectivity index (χ1v) is 10.6. The lowest BCUT2D eigenvalue weighted by molar-refractivity contribution is 0.586. The van der Waals surface area contributed by atoms with Crippen molar-refractivity contribution in [3.05, 3.63) is 70.8 Å². The lowest BCUT2D eigenvalue weighted by atomic mass is 10.1. The number of hydrogen-bond donors (Lipinski definition) is 0. The summed E-state index contributed by atoms with van der Waals surface area (Å²) in [7, 11) is 0. The second-order valence-electron chi connectivity index (χ2n) is 6.73. The Kier molecular flexibility index (Phi) is 8.41. The van der Waals surface area contributed by atoms with E-state index in [0.717, 1.165) is 50.0 Å². The van der Waals surface area contributed by atoms with Gasteiger partial charge in [0.25, 0.3) is 0 Å². The van der Waals surface area contributed by atoms with Gasteiger partial charge in [-0.25, -0.2) is 0 Å². The second-order valence-corrected chi connectivity index (χ2v) is 8.43. The number of rotatable bonds is 10. The first-order chi connectivity index (χ1) is 11.6. The van der Waals surface area contributed by atoms with E-state index in [1.807, 2.05) is 0 Å². The zero-order valence-corrected chi connectivity index (χ0v) is 15.9. The van der Waals surface area contributed by atoms with E-state index >= 15 is 0 Å². The summed E-state index contributed by atoms with van der Waals surface area (Å²) in [5, 5.41) is 0. The van der Waals surface area contributed by atoms with Gasteiger partial charge in [0.15, 0.2) is 0 Å². The quantitative estimate of drug-likeness (QED) is 0.419. The summed E-state index contributed by atoms with van der Waals surface area (Å²) >= 11 is -0.643. The number of hydrogen-bond acceptors (Lipinski definition) is 1. The van der Waals surface area contributed by atoms with Crippen molar-refractivity contribution in [1.29, 1.82) is 0 Å². The molecule has 130 valence electrons. The Morgan fingerprint density at radius 1 is 0.625 bits per heavy atom. The van der Waals surface area contributed by atoms with Gasteiger partial charge in [0, 0.05) is 0 Å². The van der Waals surface area contributed by atoms with Crippen LogP contribution in [-0.4, -0.2) is 16.1 Å². The third-order valence-corrected chi connectivity index (χ3v) is 5.90. The van der Waals surface area contributed by atoms with Crippen molar-refractivity contribution in [2.24, 2.45) is 0 Å². The van der Waals surface area contributed by atoms with Crippen LogP contribution in [0.3, 0.4) is 0 Å². The average Bonchev–Trinajstić information content (AvgIpc) is 2.59. The Hall–Kier alpha value is -1.25. The van der Waals surface area contributed by atoms with Gasteiger partial charge in [-0.1, -0.05) is 70.8 Å². The predicted octanol–water partition coefficient (Wildman–Crippen LogP) is 5.40. The van der Waals surface area contributed by atoms with E-state index in [0.29, 0.717) is 0 Å². The van der Waals surface area contributed by atoms with Gasteiger partial charge in [0.1, 0.15) is 11.5 Å². The van der Waals surface area contributed by atoms with Crippen molar-refractivity contribution in [2.75, 3.05) is 11.5 Å². The standard InChI is InChI=1S/C22H30OS/c1-19-9-13-21(14-10-19)7-3-5-17-24(23)18-6-4-8-22-15-11-20(2)12-16-22/h9-16H,3-8,17-18H2,1-2H3. The van der Waals surface area contributed by atoms with Gasteiger partial charge in [-0.05, 0) is 63.5 Å². The molecule has 0 aliphatic heterocycles. The molecule has 0 heterocycles. The molecule has 24 heavy (non-hydrogen) atoms. The van der Waals surface area contributed by atoms with Gasteiger partial charge < -0.3 is 4.55 Å². The Bertz CT molecular complexity index is 520. The molecular weight excluding hydrogens is 312 g/mol. The Labute approximate surface area is 150 Å². The first kappa shape index (κ1) is 19.1. The highest BCUT2D eigenvalue weighted by Gasteiger charge is 2.06. The van der Waals surface area contributed by atoms with Crippen LogP contribution in [0.4, 0.5) is 0 Å². The van der Waals surface area contributed by atoms with Gasteiger partial charge in [-0.3, -0.25) is 0 Å². The van der Waals surface area contributed by atoms with Crippen LogP contribution in [0, 0.1) is 13.8 Å². The van der Waals surface area contributed by atoms with Crippen LogP contribution in [0.25, 0.3) is 0 Å². The summed E-state index contributed by atoms with van der Waals surface area (Å²) < 4.78 is 12.1. The van der Waals surface area contributed by atoms with Crippen LogP contribution in [-0.2, 0) is 24.0 Å². The fourth-order valence-corrected chi connectivity index (χ4v) is 4.05. The maximum atomic E-state index is 12.1. The van der Waals surface area contributed by atoms with Crippen molar-refractivity contribution in [1.82, 2.24) is 0 Å². The molecule has 0 atom stereocenters. The minimum absolute atomic E-state index is 0.643. The van der Waals surface area contributed by atoms with Crippen LogP contribution in [0.15, 0.2) is 48.5 Å². The van der Waals surface area contributed by atoms with E-state index in [9.17, 15) is 4.55 Å². The van der Waals surface area contributed by atoms with Crippen molar-refractivity contribution < 1.29 is 4.55 Å². The number of unbranched alkanes of at least 4 members (excludes halogenated alkanes) is 2. The number of aryl methyl sites for hydroxylation is 4. The van der Waals surface area contributed by atoms with Crippen LogP contribution in [0.2, 0.25) is 0 Å². The van der Waals surface area contributed by atoms with E-state index < -0.39 is 11.2 Å². The fourth-order valence-electron chi connectivity index (χ4n) is 2.80. The van der Waals surface area contributed by atoms with E-state index in [1.165, 1.54) is 22.3 Å². The molecule has 0 fully saturated rings. The van der Waals surface area contributed by atoms with Crippen molar-refractivity contribution >= 4 is 11.2 Å². The van der Waals surface area contributed by atoms with Gasteiger partial charge in [0.05, 0.1) is 0 Å². The molecule has 0 aliphatic rings. The molecule has 0 amide bonds. The normalized spacial score (nSPS) is 11.2. The topological polar surface area (TPSA) is 23.1 Å². The summed E-state index contributed by atoms with van der Waals surface area (Å²) in [6.07, 6.45) is 6.61. The Morgan fingerprint density at radius 2 is 1.00 bits per heavy atom. The molecule has 0 aliphatic carbocycles. The Morgan fingerprint density at radius 3 is 1.38 bits per heavy atom. The Balaban J connectivity index is 1.51. The molecular formula is C22H30OS. The maximum Gasteiger partial charge on any atom is 0.105 e. The van der Waals surface area contributed by atoms with Crippen LogP contribution in [0.1, 0.15) is 47.9 Å². The van der Waals surface area contributed by atoms with Gasteiger partial charge >= 0.3 is 0 Å². The summed E-state index contributed by atoms with van der Waals surface area (Å²) in [6, 6.07) is 17.5. The molecule has 0 unspecified atom stereocenters. The fraction of sp³-hybridized carbons (Fsp3) is 0.455. The molecule has 2 rings (SSSR count). The third kappa shape index (κ3) is 7.55. The molecule has 2 aromatic rings. The molecule has 0 N–H and O–H groups in total. The molecule has 0 aromatic heterocycles. The molecule has 2 aromatic carbocycles. The predicted molar refractivity (Wildman–Crippen MR) is 106 cm³/mol. The SMILES string of the molecule is Cc1ccc(CCCC[S+]([O-])CCCCc2ccc(C)cc2)cc1. The van der Waals surface area contributed by atoms with Crippen LogP contribution >= 0.6 is 0 Å². The maximum absolute atomic E-state index is 12.1. The monoisotopic (exact) mass is 342 g/mol. The van der Waals surface area contributed by atoms with Gasteiger partial charge in [-0.2, -0.15) is 0 Å². The summed E-state index contributed by atoms with van der Waals surface area (Å²) in [4.78, 5) is 0. The first-order valence-electron chi connectivity index (χ1n) is 9.09. The van der Waals surface area contributed by atoms with Crippen LogP contribution in [0.5, 0.6) is 0 Å². The zero-order chi connectivity index (χ0) is 17.2. The summed E-state index contributed by atoms with van der Waals surface area (Å²) in [5.74, 6) is 1.72. The van der Waals surface area contributed by atoms with Gasteiger partial charge in [-0.15, -0.1) is 0 Å². The summed E-state index contributed by atoms with van der Waals surface area (Å²) in [6.45, 7) is 4.23. The highest BCUT2D eigenvalue weighted by atomic mass is 32.2. The smallest absolute Gasteiger partial charge is 0.105 e. The van der Waals surface area contributed by atoms with E-state index in [2.05, 4.69) is 62.4 Å². The molecule has 0 saturated heterocycles. The number of benzene rings is 2.